The summed E-state index contributed by atoms with van der Waals surface area (Å²) in [6.45, 7) is 1.52. The van der Waals surface area contributed by atoms with Crippen molar-refractivity contribution >= 4 is 35.3 Å². The van der Waals surface area contributed by atoms with Crippen LogP contribution in [0.5, 0.6) is 0 Å². The van der Waals surface area contributed by atoms with Crippen LogP contribution in [-0.4, -0.2) is 12.2 Å². The summed E-state index contributed by atoms with van der Waals surface area (Å²) in [5, 5.41) is 0. The van der Waals surface area contributed by atoms with Crippen molar-refractivity contribution < 1.29 is 9.59 Å². The van der Waals surface area contributed by atoms with Crippen molar-refractivity contribution in [2.45, 2.75) is 16.7 Å². The first-order chi connectivity index (χ1) is 9.20. The number of hydrogen-bond acceptors (Lipinski definition) is 3. The Morgan fingerprint density at radius 2 is 1.84 bits per heavy atom. The number of nitrogens with zero attached hydrogens (tertiary/aromatic N) is 1. The minimum atomic E-state index is -0.00231. The van der Waals surface area contributed by atoms with Crippen LogP contribution in [0.1, 0.15) is 17.3 Å². The molecular formula is C15H11NO2S. The first kappa shape index (κ1) is 12.0. The minimum absolute atomic E-state index is 0.00231. The van der Waals surface area contributed by atoms with E-state index in [1.165, 1.54) is 6.92 Å². The molecule has 4 heteroatoms. The Bertz CT molecular complexity index is 682. The molecule has 1 aliphatic heterocycles. The van der Waals surface area contributed by atoms with Crippen molar-refractivity contribution in [3.05, 3.63) is 48.0 Å². The molecule has 2 aromatic rings. The number of rotatable bonds is 2. The van der Waals surface area contributed by atoms with Crippen LogP contribution in [0, 0.1) is 0 Å². The van der Waals surface area contributed by atoms with Crippen molar-refractivity contribution in [2.75, 3.05) is 4.90 Å². The van der Waals surface area contributed by atoms with E-state index >= 15 is 0 Å². The lowest BCUT2D eigenvalue weighted by atomic mass is 10.1. The van der Waals surface area contributed by atoms with E-state index in [2.05, 4.69) is 0 Å². The number of ketones is 1. The van der Waals surface area contributed by atoms with Gasteiger partial charge in [-0.05, 0) is 31.2 Å². The Balaban J connectivity index is 2.18. The number of benzene rings is 2. The average molecular weight is 269 g/mol. The summed E-state index contributed by atoms with van der Waals surface area (Å²) in [7, 11) is 0. The smallest absolute Gasteiger partial charge is 0.218 e. The molecule has 0 unspecified atom stereocenters. The Kier molecular flexibility index (Phi) is 2.87. The third-order valence-electron chi connectivity index (χ3n) is 3.08. The fraction of sp³-hybridized carbons (Fsp3) is 0.0667. The second kappa shape index (κ2) is 4.55. The molecule has 1 heterocycles. The van der Waals surface area contributed by atoms with Gasteiger partial charge in [0.05, 0.1) is 11.4 Å². The lowest BCUT2D eigenvalue weighted by molar-refractivity contribution is -0.106. The van der Waals surface area contributed by atoms with Crippen LogP contribution in [0.4, 0.5) is 11.4 Å². The van der Waals surface area contributed by atoms with E-state index in [9.17, 15) is 9.59 Å². The van der Waals surface area contributed by atoms with E-state index in [-0.39, 0.29) is 5.78 Å². The molecule has 0 saturated heterocycles. The number of hydrogen-bond donors (Lipinski definition) is 0. The van der Waals surface area contributed by atoms with Crippen molar-refractivity contribution in [2.24, 2.45) is 0 Å². The Hall–Kier alpha value is -2.07. The van der Waals surface area contributed by atoms with Gasteiger partial charge < -0.3 is 0 Å². The highest BCUT2D eigenvalue weighted by Gasteiger charge is 2.23. The summed E-state index contributed by atoms with van der Waals surface area (Å²) >= 11 is 1.61. The first-order valence-electron chi connectivity index (χ1n) is 5.87. The lowest BCUT2D eigenvalue weighted by Gasteiger charge is -2.28. The molecule has 94 valence electrons. The van der Waals surface area contributed by atoms with E-state index in [4.69, 9.17) is 0 Å². The Labute approximate surface area is 115 Å². The van der Waals surface area contributed by atoms with Crippen molar-refractivity contribution in [3.63, 3.8) is 0 Å². The van der Waals surface area contributed by atoms with Crippen molar-refractivity contribution in [3.8, 4) is 0 Å². The van der Waals surface area contributed by atoms with E-state index in [1.54, 1.807) is 28.8 Å². The number of amides is 1. The SMILES string of the molecule is CC(=O)c1ccc2c(c1)N(C=O)c1ccccc1S2. The van der Waals surface area contributed by atoms with Gasteiger partial charge in [-0.15, -0.1) is 0 Å². The van der Waals surface area contributed by atoms with Crippen LogP contribution in [0.3, 0.4) is 0 Å². The maximum absolute atomic E-state index is 11.5. The highest BCUT2D eigenvalue weighted by Crippen LogP contribution is 2.47. The zero-order valence-corrected chi connectivity index (χ0v) is 11.1. The van der Waals surface area contributed by atoms with Gasteiger partial charge in [0, 0.05) is 15.4 Å². The molecule has 0 N–H and O–H groups in total. The average Bonchev–Trinajstić information content (AvgIpc) is 2.44. The Morgan fingerprint density at radius 3 is 2.58 bits per heavy atom. The second-order valence-electron chi connectivity index (χ2n) is 4.28. The number of carbonyl (C=O) groups excluding carboxylic acids is 2. The van der Waals surface area contributed by atoms with Gasteiger partial charge in [0.1, 0.15) is 0 Å². The maximum atomic E-state index is 11.5. The maximum Gasteiger partial charge on any atom is 0.218 e. The highest BCUT2D eigenvalue weighted by atomic mass is 32.2. The number of fused-ring (bicyclic) bond motifs is 2. The molecule has 0 saturated carbocycles. The molecule has 0 radical (unpaired) electrons. The van der Waals surface area contributed by atoms with Gasteiger partial charge in [-0.2, -0.15) is 0 Å². The molecule has 2 aromatic carbocycles. The monoisotopic (exact) mass is 269 g/mol. The van der Waals surface area contributed by atoms with Gasteiger partial charge in [0.15, 0.2) is 5.78 Å². The van der Waals surface area contributed by atoms with E-state index in [0.29, 0.717) is 5.56 Å². The number of carbonyl (C=O) groups is 2. The predicted molar refractivity (Wildman–Crippen MR) is 75.2 cm³/mol. The summed E-state index contributed by atoms with van der Waals surface area (Å²) < 4.78 is 0. The normalized spacial score (nSPS) is 12.6. The second-order valence-corrected chi connectivity index (χ2v) is 5.37. The van der Waals surface area contributed by atoms with Gasteiger partial charge in [-0.25, -0.2) is 0 Å². The molecule has 0 fully saturated rings. The molecule has 1 amide bonds. The fourth-order valence-corrected chi connectivity index (χ4v) is 3.17. The Morgan fingerprint density at radius 1 is 1.11 bits per heavy atom. The lowest BCUT2D eigenvalue weighted by Crippen LogP contribution is -2.18. The van der Waals surface area contributed by atoms with Gasteiger partial charge in [-0.3, -0.25) is 14.5 Å². The molecule has 0 bridgehead atoms. The van der Waals surface area contributed by atoms with Gasteiger partial charge in [0.25, 0.3) is 0 Å². The third kappa shape index (κ3) is 1.94. The van der Waals surface area contributed by atoms with Gasteiger partial charge in [-0.1, -0.05) is 30.0 Å². The van der Waals surface area contributed by atoms with Crippen LogP contribution in [0.25, 0.3) is 0 Å². The van der Waals surface area contributed by atoms with E-state index < -0.39 is 0 Å². The zero-order chi connectivity index (χ0) is 13.4. The number of para-hydroxylation sites is 1. The fourth-order valence-electron chi connectivity index (χ4n) is 2.12. The van der Waals surface area contributed by atoms with Crippen LogP contribution >= 0.6 is 11.8 Å². The summed E-state index contributed by atoms with van der Waals surface area (Å²) in [6, 6.07) is 13.2. The quantitative estimate of drug-likeness (QED) is 0.617. The van der Waals surface area contributed by atoms with Crippen LogP contribution in [0.15, 0.2) is 52.3 Å². The summed E-state index contributed by atoms with van der Waals surface area (Å²) in [4.78, 5) is 26.5. The molecule has 3 rings (SSSR count). The molecule has 0 spiro atoms. The van der Waals surface area contributed by atoms with Crippen LogP contribution < -0.4 is 4.90 Å². The molecular weight excluding hydrogens is 258 g/mol. The van der Waals surface area contributed by atoms with Crippen molar-refractivity contribution in [1.29, 1.82) is 0 Å². The molecule has 0 aromatic heterocycles. The summed E-state index contributed by atoms with van der Waals surface area (Å²) in [5.74, 6) is -0.00231. The predicted octanol–water partition coefficient (Wildman–Crippen LogP) is 3.65. The highest BCUT2D eigenvalue weighted by molar-refractivity contribution is 7.99. The molecule has 1 aliphatic rings. The van der Waals surface area contributed by atoms with E-state index in [0.717, 1.165) is 27.6 Å². The van der Waals surface area contributed by atoms with Crippen LogP contribution in [0.2, 0.25) is 0 Å². The first-order valence-corrected chi connectivity index (χ1v) is 6.69. The standard InChI is InChI=1S/C15H11NO2S/c1-10(18)11-6-7-15-13(8-11)16(9-17)12-4-2-3-5-14(12)19-15/h2-9H,1H3. The van der Waals surface area contributed by atoms with Gasteiger partial charge in [0.2, 0.25) is 6.41 Å². The topological polar surface area (TPSA) is 37.4 Å². The third-order valence-corrected chi connectivity index (χ3v) is 4.21. The molecule has 0 atom stereocenters. The molecule has 19 heavy (non-hydrogen) atoms. The number of Topliss-reactive ketones (excluding diaryl/α,β-unsaturated/α-hetero) is 1. The zero-order valence-electron chi connectivity index (χ0n) is 10.3. The summed E-state index contributed by atoms with van der Waals surface area (Å²) in [5.41, 5.74) is 2.24. The van der Waals surface area contributed by atoms with E-state index in [1.807, 2.05) is 30.3 Å². The largest absolute Gasteiger partial charge is 0.295 e. The van der Waals surface area contributed by atoms with Gasteiger partial charge >= 0.3 is 0 Å². The minimum Gasteiger partial charge on any atom is -0.295 e. The number of anilines is 2. The molecule has 3 nitrogen and oxygen atoms in total. The van der Waals surface area contributed by atoms with Crippen LogP contribution in [-0.2, 0) is 4.79 Å². The van der Waals surface area contributed by atoms with Crippen molar-refractivity contribution in [1.82, 2.24) is 0 Å². The summed E-state index contributed by atoms with van der Waals surface area (Å²) in [6.07, 6.45) is 0.793. The molecule has 0 aliphatic carbocycles.